The SMILES string of the molecule is CCCOCCOc1ccccc1C(C)NC. The second-order valence-electron chi connectivity index (χ2n) is 4.01. The molecule has 1 N–H and O–H groups in total. The van der Waals surface area contributed by atoms with Crippen LogP contribution in [0.4, 0.5) is 0 Å². The van der Waals surface area contributed by atoms with Crippen molar-refractivity contribution in [2.45, 2.75) is 26.3 Å². The van der Waals surface area contributed by atoms with Gasteiger partial charge < -0.3 is 14.8 Å². The zero-order chi connectivity index (χ0) is 12.5. The summed E-state index contributed by atoms with van der Waals surface area (Å²) in [7, 11) is 1.95. The first-order valence-corrected chi connectivity index (χ1v) is 6.26. The van der Waals surface area contributed by atoms with Gasteiger partial charge >= 0.3 is 0 Å². The van der Waals surface area contributed by atoms with E-state index in [4.69, 9.17) is 9.47 Å². The minimum Gasteiger partial charge on any atom is -0.491 e. The Bertz CT molecular complexity index is 315. The van der Waals surface area contributed by atoms with Crippen LogP contribution < -0.4 is 10.1 Å². The van der Waals surface area contributed by atoms with E-state index in [1.807, 2.05) is 25.2 Å². The fraction of sp³-hybridized carbons (Fsp3) is 0.571. The van der Waals surface area contributed by atoms with Crippen LogP contribution in [0.25, 0.3) is 0 Å². The molecule has 0 amide bonds. The molecule has 1 aromatic rings. The van der Waals surface area contributed by atoms with E-state index in [-0.39, 0.29) is 0 Å². The van der Waals surface area contributed by atoms with E-state index in [9.17, 15) is 0 Å². The van der Waals surface area contributed by atoms with Crippen molar-refractivity contribution < 1.29 is 9.47 Å². The molecule has 0 aliphatic carbocycles. The van der Waals surface area contributed by atoms with E-state index < -0.39 is 0 Å². The van der Waals surface area contributed by atoms with Crippen molar-refractivity contribution in [1.29, 1.82) is 0 Å². The van der Waals surface area contributed by atoms with Crippen LogP contribution in [0.5, 0.6) is 5.75 Å². The van der Waals surface area contributed by atoms with Gasteiger partial charge in [-0.3, -0.25) is 0 Å². The topological polar surface area (TPSA) is 30.5 Å². The lowest BCUT2D eigenvalue weighted by molar-refractivity contribution is 0.100. The Hall–Kier alpha value is -1.06. The van der Waals surface area contributed by atoms with Crippen LogP contribution >= 0.6 is 0 Å². The number of hydrogen-bond acceptors (Lipinski definition) is 3. The molecule has 0 fully saturated rings. The quantitative estimate of drug-likeness (QED) is 0.705. The molecule has 3 heteroatoms. The standard InChI is InChI=1S/C14H23NO2/c1-4-9-16-10-11-17-14-8-6-5-7-13(14)12(2)15-3/h5-8,12,15H,4,9-11H2,1-3H3. The lowest BCUT2D eigenvalue weighted by Crippen LogP contribution is -2.15. The lowest BCUT2D eigenvalue weighted by Gasteiger charge is -2.16. The van der Waals surface area contributed by atoms with Crippen LogP contribution in [0.3, 0.4) is 0 Å². The van der Waals surface area contributed by atoms with E-state index in [0.717, 1.165) is 18.8 Å². The molecule has 1 aromatic carbocycles. The summed E-state index contributed by atoms with van der Waals surface area (Å²) < 4.78 is 11.1. The van der Waals surface area contributed by atoms with Crippen molar-refractivity contribution in [1.82, 2.24) is 5.32 Å². The van der Waals surface area contributed by atoms with Crippen molar-refractivity contribution in [3.05, 3.63) is 29.8 Å². The Labute approximate surface area is 104 Å². The number of para-hydroxylation sites is 1. The minimum atomic E-state index is 0.294. The number of benzene rings is 1. The summed E-state index contributed by atoms with van der Waals surface area (Å²) in [4.78, 5) is 0. The van der Waals surface area contributed by atoms with Gasteiger partial charge in [-0.2, -0.15) is 0 Å². The third kappa shape index (κ3) is 4.75. The van der Waals surface area contributed by atoms with E-state index >= 15 is 0 Å². The summed E-state index contributed by atoms with van der Waals surface area (Å²) in [5.74, 6) is 0.939. The van der Waals surface area contributed by atoms with Crippen LogP contribution in [0, 0.1) is 0 Å². The summed E-state index contributed by atoms with van der Waals surface area (Å²) in [6.07, 6.45) is 1.05. The van der Waals surface area contributed by atoms with Gasteiger partial charge in [-0.25, -0.2) is 0 Å². The molecule has 1 rings (SSSR count). The van der Waals surface area contributed by atoms with Crippen LogP contribution in [-0.2, 0) is 4.74 Å². The van der Waals surface area contributed by atoms with Gasteiger partial charge in [0.2, 0.25) is 0 Å². The second-order valence-corrected chi connectivity index (χ2v) is 4.01. The molecule has 0 aromatic heterocycles. The smallest absolute Gasteiger partial charge is 0.124 e. The highest BCUT2D eigenvalue weighted by Crippen LogP contribution is 2.24. The molecule has 0 radical (unpaired) electrons. The molecule has 0 bridgehead atoms. The van der Waals surface area contributed by atoms with Crippen LogP contribution in [-0.4, -0.2) is 26.9 Å². The summed E-state index contributed by atoms with van der Waals surface area (Å²) in [6, 6.07) is 8.41. The highest BCUT2D eigenvalue weighted by molar-refractivity contribution is 5.35. The normalized spacial score (nSPS) is 12.4. The molecule has 0 heterocycles. The summed E-state index contributed by atoms with van der Waals surface area (Å²) in [6.45, 7) is 6.28. The molecule has 1 unspecified atom stereocenters. The fourth-order valence-electron chi connectivity index (χ4n) is 1.58. The first-order valence-electron chi connectivity index (χ1n) is 6.26. The van der Waals surface area contributed by atoms with Gasteiger partial charge in [-0.05, 0) is 26.5 Å². The van der Waals surface area contributed by atoms with Crippen molar-refractivity contribution >= 4 is 0 Å². The van der Waals surface area contributed by atoms with E-state index in [0.29, 0.717) is 19.3 Å². The van der Waals surface area contributed by atoms with Gasteiger partial charge in [0.15, 0.2) is 0 Å². The van der Waals surface area contributed by atoms with Crippen molar-refractivity contribution in [3.63, 3.8) is 0 Å². The molecule has 0 aliphatic rings. The lowest BCUT2D eigenvalue weighted by atomic mass is 10.1. The average molecular weight is 237 g/mol. The average Bonchev–Trinajstić information content (AvgIpc) is 2.38. The maximum absolute atomic E-state index is 5.74. The first kappa shape index (κ1) is 14.0. The highest BCUT2D eigenvalue weighted by atomic mass is 16.5. The highest BCUT2D eigenvalue weighted by Gasteiger charge is 2.08. The number of nitrogens with one attached hydrogen (secondary N) is 1. The Morgan fingerprint density at radius 2 is 1.94 bits per heavy atom. The van der Waals surface area contributed by atoms with Gasteiger partial charge in [-0.1, -0.05) is 25.1 Å². The molecule has 0 aliphatic heterocycles. The number of rotatable bonds is 8. The zero-order valence-electron chi connectivity index (χ0n) is 11.0. The monoisotopic (exact) mass is 237 g/mol. The number of hydrogen-bond donors (Lipinski definition) is 1. The molecular formula is C14H23NO2. The zero-order valence-corrected chi connectivity index (χ0v) is 11.0. The third-order valence-corrected chi connectivity index (χ3v) is 2.65. The molecule has 17 heavy (non-hydrogen) atoms. The van der Waals surface area contributed by atoms with Crippen molar-refractivity contribution in [2.75, 3.05) is 26.9 Å². The van der Waals surface area contributed by atoms with Gasteiger partial charge in [-0.15, -0.1) is 0 Å². The molecular weight excluding hydrogens is 214 g/mol. The maximum Gasteiger partial charge on any atom is 0.124 e. The molecule has 0 saturated carbocycles. The molecule has 0 saturated heterocycles. The van der Waals surface area contributed by atoms with Crippen molar-refractivity contribution in [3.8, 4) is 5.75 Å². The van der Waals surface area contributed by atoms with E-state index in [1.165, 1.54) is 5.56 Å². The van der Waals surface area contributed by atoms with E-state index in [1.54, 1.807) is 0 Å². The van der Waals surface area contributed by atoms with Gasteiger partial charge in [0.25, 0.3) is 0 Å². The largest absolute Gasteiger partial charge is 0.491 e. The Morgan fingerprint density at radius 1 is 1.18 bits per heavy atom. The minimum absolute atomic E-state index is 0.294. The molecule has 3 nitrogen and oxygen atoms in total. The summed E-state index contributed by atoms with van der Waals surface area (Å²) >= 11 is 0. The first-order chi connectivity index (χ1) is 8.29. The molecule has 0 spiro atoms. The molecule has 1 atom stereocenters. The Morgan fingerprint density at radius 3 is 2.65 bits per heavy atom. The third-order valence-electron chi connectivity index (χ3n) is 2.65. The summed E-state index contributed by atoms with van der Waals surface area (Å²) in [5.41, 5.74) is 1.19. The van der Waals surface area contributed by atoms with Gasteiger partial charge in [0.05, 0.1) is 6.61 Å². The van der Waals surface area contributed by atoms with Crippen LogP contribution in [0.2, 0.25) is 0 Å². The van der Waals surface area contributed by atoms with Crippen LogP contribution in [0.1, 0.15) is 31.9 Å². The second kappa shape index (κ2) is 8.09. The predicted molar refractivity (Wildman–Crippen MR) is 70.5 cm³/mol. The fourth-order valence-corrected chi connectivity index (χ4v) is 1.58. The van der Waals surface area contributed by atoms with E-state index in [2.05, 4.69) is 25.2 Å². The summed E-state index contributed by atoms with van der Waals surface area (Å²) in [5, 5.41) is 3.22. The number of ether oxygens (including phenoxy) is 2. The Balaban J connectivity index is 2.46. The van der Waals surface area contributed by atoms with Gasteiger partial charge in [0, 0.05) is 18.2 Å². The predicted octanol–water partition coefficient (Wildman–Crippen LogP) is 2.77. The van der Waals surface area contributed by atoms with Crippen LogP contribution in [0.15, 0.2) is 24.3 Å². The molecule has 96 valence electrons. The maximum atomic E-state index is 5.74. The van der Waals surface area contributed by atoms with Crippen molar-refractivity contribution in [2.24, 2.45) is 0 Å². The Kier molecular flexibility index (Phi) is 6.67. The van der Waals surface area contributed by atoms with Gasteiger partial charge in [0.1, 0.15) is 12.4 Å².